The Bertz CT molecular complexity index is 420. The molecule has 2 fully saturated rings. The maximum atomic E-state index is 6.13. The number of piperidine rings is 1. The Balaban J connectivity index is 1.52. The monoisotopic (exact) mass is 274 g/mol. The van der Waals surface area contributed by atoms with Crippen molar-refractivity contribution in [1.29, 1.82) is 0 Å². The molecule has 20 heavy (non-hydrogen) atoms. The van der Waals surface area contributed by atoms with Crippen LogP contribution in [0, 0.1) is 5.41 Å². The summed E-state index contributed by atoms with van der Waals surface area (Å²) in [5, 5.41) is 0. The molecule has 1 saturated heterocycles. The van der Waals surface area contributed by atoms with Crippen molar-refractivity contribution >= 4 is 0 Å². The lowest BCUT2D eigenvalue weighted by Gasteiger charge is -2.47. The molecular weight excluding hydrogens is 246 g/mol. The van der Waals surface area contributed by atoms with Crippen LogP contribution in [0.5, 0.6) is 5.75 Å². The molecule has 0 bridgehead atoms. The van der Waals surface area contributed by atoms with Crippen molar-refractivity contribution in [2.45, 2.75) is 44.6 Å². The van der Waals surface area contributed by atoms with E-state index in [0.717, 1.165) is 5.75 Å². The van der Waals surface area contributed by atoms with Crippen LogP contribution in [0.1, 0.15) is 38.5 Å². The molecule has 0 aromatic heterocycles. The van der Waals surface area contributed by atoms with Gasteiger partial charge in [0.25, 0.3) is 0 Å². The number of para-hydroxylation sites is 1. The Labute approximate surface area is 123 Å². The van der Waals surface area contributed by atoms with E-state index in [9.17, 15) is 0 Å². The van der Waals surface area contributed by atoms with Crippen LogP contribution in [0.2, 0.25) is 0 Å². The summed E-state index contributed by atoms with van der Waals surface area (Å²) in [5.74, 6) is 1.04. The second-order valence-electron chi connectivity index (χ2n) is 7.51. The number of ether oxygens (including phenoxy) is 1. The zero-order valence-electron chi connectivity index (χ0n) is 13.0. The van der Waals surface area contributed by atoms with E-state index >= 15 is 0 Å². The average molecular weight is 274 g/mol. The van der Waals surface area contributed by atoms with E-state index in [4.69, 9.17) is 4.74 Å². The lowest BCUT2D eigenvalue weighted by atomic mass is 9.67. The molecule has 3 rings (SSSR count). The lowest BCUT2D eigenvalue weighted by molar-refractivity contribution is -0.897. The molecule has 110 valence electrons. The molecule has 2 aliphatic rings. The summed E-state index contributed by atoms with van der Waals surface area (Å²) in [4.78, 5) is 0. The summed E-state index contributed by atoms with van der Waals surface area (Å²) < 4.78 is 7.34. The summed E-state index contributed by atoms with van der Waals surface area (Å²) in [6.45, 7) is 2.70. The molecule has 0 radical (unpaired) electrons. The van der Waals surface area contributed by atoms with E-state index in [0.29, 0.717) is 11.5 Å². The number of quaternary nitrogens is 1. The zero-order valence-corrected chi connectivity index (χ0v) is 13.0. The number of hydrogen-bond acceptors (Lipinski definition) is 1. The predicted octanol–water partition coefficient (Wildman–Crippen LogP) is 3.86. The summed E-state index contributed by atoms with van der Waals surface area (Å²) in [5.41, 5.74) is 0.643. The fraction of sp³-hybridized carbons (Fsp3) is 0.667. The van der Waals surface area contributed by atoms with Gasteiger partial charge in [0, 0.05) is 12.8 Å². The highest BCUT2D eigenvalue weighted by atomic mass is 16.5. The van der Waals surface area contributed by atoms with Gasteiger partial charge >= 0.3 is 0 Å². The molecule has 1 aliphatic carbocycles. The van der Waals surface area contributed by atoms with Gasteiger partial charge < -0.3 is 9.22 Å². The van der Waals surface area contributed by atoms with Crippen molar-refractivity contribution in [2.24, 2.45) is 5.41 Å². The number of rotatable bonds is 2. The Hall–Kier alpha value is -1.02. The third kappa shape index (κ3) is 3.17. The topological polar surface area (TPSA) is 9.23 Å². The molecule has 0 atom stereocenters. The normalized spacial score (nSPS) is 25.5. The Morgan fingerprint density at radius 2 is 1.55 bits per heavy atom. The van der Waals surface area contributed by atoms with Gasteiger partial charge in [-0.25, -0.2) is 0 Å². The number of nitrogens with zero attached hydrogens (tertiary/aromatic N) is 1. The quantitative estimate of drug-likeness (QED) is 0.744. The molecule has 1 aromatic rings. The summed E-state index contributed by atoms with van der Waals surface area (Å²) in [6, 6.07) is 10.3. The van der Waals surface area contributed by atoms with E-state index in [-0.39, 0.29) is 0 Å². The highest BCUT2D eigenvalue weighted by molar-refractivity contribution is 5.21. The Morgan fingerprint density at radius 1 is 0.950 bits per heavy atom. The first-order valence-corrected chi connectivity index (χ1v) is 8.11. The molecule has 2 nitrogen and oxygen atoms in total. The van der Waals surface area contributed by atoms with Gasteiger partial charge in [-0.05, 0) is 43.2 Å². The highest BCUT2D eigenvalue weighted by Crippen LogP contribution is 2.46. The first-order valence-electron chi connectivity index (χ1n) is 8.11. The van der Waals surface area contributed by atoms with Crippen molar-refractivity contribution in [3.05, 3.63) is 30.3 Å². The van der Waals surface area contributed by atoms with Gasteiger partial charge in [0.2, 0.25) is 0 Å². The van der Waals surface area contributed by atoms with Crippen LogP contribution in [0.4, 0.5) is 0 Å². The molecule has 1 spiro atoms. The van der Waals surface area contributed by atoms with E-state index in [1.165, 1.54) is 56.1 Å². The van der Waals surface area contributed by atoms with Gasteiger partial charge in [-0.1, -0.05) is 18.2 Å². The molecule has 1 saturated carbocycles. The first kappa shape index (κ1) is 13.9. The minimum Gasteiger partial charge on any atom is -0.490 e. The van der Waals surface area contributed by atoms with Crippen LogP contribution >= 0.6 is 0 Å². The minimum atomic E-state index is 0.437. The largest absolute Gasteiger partial charge is 0.490 e. The zero-order chi connectivity index (χ0) is 14.1. The molecule has 0 N–H and O–H groups in total. The predicted molar refractivity (Wildman–Crippen MR) is 82.8 cm³/mol. The van der Waals surface area contributed by atoms with Crippen molar-refractivity contribution in [3.8, 4) is 5.75 Å². The van der Waals surface area contributed by atoms with Crippen LogP contribution in [0.3, 0.4) is 0 Å². The fourth-order valence-electron chi connectivity index (χ4n) is 3.83. The lowest BCUT2D eigenvalue weighted by Crippen LogP contribution is -2.50. The van der Waals surface area contributed by atoms with Gasteiger partial charge in [-0.3, -0.25) is 0 Å². The first-order chi connectivity index (χ1) is 9.57. The van der Waals surface area contributed by atoms with Gasteiger partial charge in [0.15, 0.2) is 0 Å². The summed E-state index contributed by atoms with van der Waals surface area (Å²) >= 11 is 0. The van der Waals surface area contributed by atoms with Crippen LogP contribution in [-0.2, 0) is 0 Å². The number of benzene rings is 1. The number of likely N-dealkylation sites (tertiary alicyclic amines) is 1. The SMILES string of the molecule is C[N+]1(C)CCC2(CCC(Oc3ccccc3)CC2)CC1. The highest BCUT2D eigenvalue weighted by Gasteiger charge is 2.41. The van der Waals surface area contributed by atoms with E-state index in [1.54, 1.807) is 0 Å². The molecule has 0 amide bonds. The van der Waals surface area contributed by atoms with Gasteiger partial charge in [0.05, 0.1) is 33.3 Å². The molecule has 2 heteroatoms. The molecule has 1 aliphatic heterocycles. The van der Waals surface area contributed by atoms with Crippen molar-refractivity contribution < 1.29 is 9.22 Å². The van der Waals surface area contributed by atoms with Gasteiger partial charge in [-0.15, -0.1) is 0 Å². The van der Waals surface area contributed by atoms with Crippen LogP contribution in [-0.4, -0.2) is 37.8 Å². The van der Waals surface area contributed by atoms with Crippen LogP contribution in [0.25, 0.3) is 0 Å². The molecule has 0 unspecified atom stereocenters. The van der Waals surface area contributed by atoms with E-state index in [2.05, 4.69) is 38.4 Å². The van der Waals surface area contributed by atoms with Crippen LogP contribution < -0.4 is 4.74 Å². The minimum absolute atomic E-state index is 0.437. The van der Waals surface area contributed by atoms with E-state index < -0.39 is 0 Å². The second-order valence-corrected chi connectivity index (χ2v) is 7.51. The molecule has 1 heterocycles. The number of hydrogen-bond donors (Lipinski definition) is 0. The maximum Gasteiger partial charge on any atom is 0.119 e. The molecular formula is C18H28NO+. The van der Waals surface area contributed by atoms with Crippen molar-refractivity contribution in [3.63, 3.8) is 0 Å². The third-order valence-corrected chi connectivity index (χ3v) is 5.53. The summed E-state index contributed by atoms with van der Waals surface area (Å²) in [6.07, 6.45) is 8.47. The molecule has 1 aromatic carbocycles. The van der Waals surface area contributed by atoms with Crippen molar-refractivity contribution in [2.75, 3.05) is 27.2 Å². The van der Waals surface area contributed by atoms with Crippen LogP contribution in [0.15, 0.2) is 30.3 Å². The summed E-state index contributed by atoms with van der Waals surface area (Å²) in [7, 11) is 4.74. The van der Waals surface area contributed by atoms with Crippen molar-refractivity contribution in [1.82, 2.24) is 0 Å². The van der Waals surface area contributed by atoms with E-state index in [1.807, 2.05) is 6.07 Å². The Morgan fingerprint density at radius 3 is 2.15 bits per heavy atom. The second kappa shape index (κ2) is 5.40. The average Bonchev–Trinajstić information content (AvgIpc) is 2.46. The smallest absolute Gasteiger partial charge is 0.119 e. The Kier molecular flexibility index (Phi) is 3.76. The maximum absolute atomic E-state index is 6.13. The fourth-order valence-corrected chi connectivity index (χ4v) is 3.83. The third-order valence-electron chi connectivity index (χ3n) is 5.53. The van der Waals surface area contributed by atoms with Gasteiger partial charge in [0.1, 0.15) is 5.75 Å². The van der Waals surface area contributed by atoms with Gasteiger partial charge in [-0.2, -0.15) is 0 Å². The standard InChI is InChI=1S/C18H28NO/c1-19(2)14-12-18(13-15-19)10-8-17(9-11-18)20-16-6-4-3-5-7-16/h3-7,17H,8-15H2,1-2H3/q+1.